The van der Waals surface area contributed by atoms with Crippen LogP contribution >= 0.6 is 0 Å². The monoisotopic (exact) mass is 208 g/mol. The standard InChI is InChI=1S/C15H28/c1-11-6-5-7-12(2)13-10-15(3,4)14(13)9-8-11/h11-14H,5-10H2,1-4H3/t11-,12+,13-,14-/m1/s1. The van der Waals surface area contributed by atoms with Crippen molar-refractivity contribution in [2.45, 2.75) is 66.2 Å². The minimum Gasteiger partial charge on any atom is -0.0625 e. The molecule has 0 amide bonds. The molecule has 15 heavy (non-hydrogen) atoms. The summed E-state index contributed by atoms with van der Waals surface area (Å²) in [6, 6.07) is 0. The Morgan fingerprint density at radius 3 is 2.33 bits per heavy atom. The summed E-state index contributed by atoms with van der Waals surface area (Å²) in [5.41, 5.74) is 0.656. The molecule has 0 aromatic heterocycles. The van der Waals surface area contributed by atoms with E-state index in [4.69, 9.17) is 0 Å². The molecule has 4 atom stereocenters. The van der Waals surface area contributed by atoms with Gasteiger partial charge in [0.25, 0.3) is 0 Å². The van der Waals surface area contributed by atoms with Gasteiger partial charge in [-0.3, -0.25) is 0 Å². The highest BCUT2D eigenvalue weighted by molar-refractivity contribution is 4.97. The Bertz CT molecular complexity index is 216. The molecule has 2 aliphatic rings. The molecule has 0 aromatic carbocycles. The van der Waals surface area contributed by atoms with Gasteiger partial charge in [-0.05, 0) is 41.9 Å². The van der Waals surface area contributed by atoms with E-state index in [0.717, 1.165) is 23.7 Å². The molecular weight excluding hydrogens is 180 g/mol. The minimum atomic E-state index is 0.656. The molecule has 0 nitrogen and oxygen atoms in total. The highest BCUT2D eigenvalue weighted by Gasteiger charge is 2.48. The van der Waals surface area contributed by atoms with Gasteiger partial charge < -0.3 is 0 Å². The summed E-state index contributed by atoms with van der Waals surface area (Å²) in [6.45, 7) is 9.94. The largest absolute Gasteiger partial charge is 0.0625 e. The van der Waals surface area contributed by atoms with Gasteiger partial charge in [0.15, 0.2) is 0 Å². The molecule has 0 saturated heterocycles. The summed E-state index contributed by atoms with van der Waals surface area (Å²) in [5, 5.41) is 0. The lowest BCUT2D eigenvalue weighted by Crippen LogP contribution is -2.46. The Hall–Kier alpha value is 0. The van der Waals surface area contributed by atoms with Crippen LogP contribution in [0.3, 0.4) is 0 Å². The lowest BCUT2D eigenvalue weighted by molar-refractivity contribution is -0.0497. The SMILES string of the molecule is C[C@@H]1CCC[C@H](C)[C@H]2CC(C)(C)[C@@H]2CC1. The first-order chi connectivity index (χ1) is 7.00. The first kappa shape index (κ1) is 11.5. The molecule has 2 fully saturated rings. The van der Waals surface area contributed by atoms with Gasteiger partial charge >= 0.3 is 0 Å². The topological polar surface area (TPSA) is 0 Å². The van der Waals surface area contributed by atoms with E-state index in [1.165, 1.54) is 38.5 Å². The third-order valence-electron chi connectivity index (χ3n) is 5.34. The van der Waals surface area contributed by atoms with Crippen LogP contribution in [0, 0.1) is 29.1 Å². The van der Waals surface area contributed by atoms with Crippen molar-refractivity contribution in [1.29, 1.82) is 0 Å². The van der Waals surface area contributed by atoms with Crippen molar-refractivity contribution in [3.05, 3.63) is 0 Å². The minimum absolute atomic E-state index is 0.656. The van der Waals surface area contributed by atoms with Crippen LogP contribution in [0.5, 0.6) is 0 Å². The maximum Gasteiger partial charge on any atom is -0.0320 e. The fourth-order valence-corrected chi connectivity index (χ4v) is 4.13. The maximum atomic E-state index is 2.50. The summed E-state index contributed by atoms with van der Waals surface area (Å²) in [5.74, 6) is 4.07. The second kappa shape index (κ2) is 4.11. The van der Waals surface area contributed by atoms with Gasteiger partial charge in [-0.2, -0.15) is 0 Å². The van der Waals surface area contributed by atoms with Crippen molar-refractivity contribution in [2.75, 3.05) is 0 Å². The second-order valence-corrected chi connectivity index (χ2v) is 7.05. The van der Waals surface area contributed by atoms with Crippen molar-refractivity contribution < 1.29 is 0 Å². The quantitative estimate of drug-likeness (QED) is 0.532. The molecule has 2 saturated carbocycles. The Morgan fingerprint density at radius 1 is 0.933 bits per heavy atom. The summed E-state index contributed by atoms with van der Waals surface area (Å²) in [4.78, 5) is 0. The summed E-state index contributed by atoms with van der Waals surface area (Å²) in [7, 11) is 0. The fourth-order valence-electron chi connectivity index (χ4n) is 4.13. The van der Waals surface area contributed by atoms with E-state index in [2.05, 4.69) is 27.7 Å². The van der Waals surface area contributed by atoms with Gasteiger partial charge in [-0.15, -0.1) is 0 Å². The zero-order valence-corrected chi connectivity index (χ0v) is 11.1. The number of hydrogen-bond acceptors (Lipinski definition) is 0. The number of hydrogen-bond donors (Lipinski definition) is 0. The number of rotatable bonds is 0. The lowest BCUT2D eigenvalue weighted by Gasteiger charge is -2.54. The molecule has 0 N–H and O–H groups in total. The first-order valence-corrected chi connectivity index (χ1v) is 7.00. The van der Waals surface area contributed by atoms with Crippen LogP contribution in [0.1, 0.15) is 66.2 Å². The van der Waals surface area contributed by atoms with E-state index >= 15 is 0 Å². The summed E-state index contributed by atoms with van der Waals surface area (Å²) in [6.07, 6.45) is 8.92. The van der Waals surface area contributed by atoms with Crippen LogP contribution in [-0.2, 0) is 0 Å². The molecule has 0 bridgehead atoms. The zero-order valence-electron chi connectivity index (χ0n) is 11.1. The Kier molecular flexibility index (Phi) is 3.14. The van der Waals surface area contributed by atoms with Crippen LogP contribution in [0.4, 0.5) is 0 Å². The second-order valence-electron chi connectivity index (χ2n) is 7.05. The van der Waals surface area contributed by atoms with Crippen LogP contribution in [0.25, 0.3) is 0 Å². The van der Waals surface area contributed by atoms with Crippen molar-refractivity contribution in [1.82, 2.24) is 0 Å². The molecule has 88 valence electrons. The predicted molar refractivity (Wildman–Crippen MR) is 66.8 cm³/mol. The van der Waals surface area contributed by atoms with Gasteiger partial charge in [-0.25, -0.2) is 0 Å². The summed E-state index contributed by atoms with van der Waals surface area (Å²) >= 11 is 0. The van der Waals surface area contributed by atoms with Crippen molar-refractivity contribution in [3.63, 3.8) is 0 Å². The Balaban J connectivity index is 2.03. The van der Waals surface area contributed by atoms with E-state index < -0.39 is 0 Å². The molecule has 0 heterocycles. The predicted octanol–water partition coefficient (Wildman–Crippen LogP) is 4.89. The molecule has 2 aliphatic carbocycles. The van der Waals surface area contributed by atoms with E-state index in [0.29, 0.717) is 5.41 Å². The van der Waals surface area contributed by atoms with E-state index in [9.17, 15) is 0 Å². The van der Waals surface area contributed by atoms with Crippen molar-refractivity contribution in [3.8, 4) is 0 Å². The maximum absolute atomic E-state index is 2.50. The third-order valence-corrected chi connectivity index (χ3v) is 5.34. The molecule has 0 unspecified atom stereocenters. The van der Waals surface area contributed by atoms with Crippen LogP contribution in [-0.4, -0.2) is 0 Å². The van der Waals surface area contributed by atoms with Crippen molar-refractivity contribution in [2.24, 2.45) is 29.1 Å². The molecule has 0 spiro atoms. The number of fused-ring (bicyclic) bond motifs is 1. The van der Waals surface area contributed by atoms with Gasteiger partial charge in [0, 0.05) is 0 Å². The molecule has 0 radical (unpaired) electrons. The van der Waals surface area contributed by atoms with Gasteiger partial charge in [-0.1, -0.05) is 53.4 Å². The molecule has 2 rings (SSSR count). The smallest absolute Gasteiger partial charge is 0.0320 e. The Morgan fingerprint density at radius 2 is 1.67 bits per heavy atom. The van der Waals surface area contributed by atoms with Gasteiger partial charge in [0.05, 0.1) is 0 Å². The van der Waals surface area contributed by atoms with Crippen LogP contribution in [0.15, 0.2) is 0 Å². The highest BCUT2D eigenvalue weighted by atomic mass is 14.5. The lowest BCUT2D eigenvalue weighted by atomic mass is 9.51. The van der Waals surface area contributed by atoms with Crippen LogP contribution in [0.2, 0.25) is 0 Å². The zero-order chi connectivity index (χ0) is 11.1. The molecular formula is C15H28. The fraction of sp³-hybridized carbons (Fsp3) is 1.00. The average Bonchev–Trinajstić information content (AvgIpc) is 2.18. The first-order valence-electron chi connectivity index (χ1n) is 7.00. The van der Waals surface area contributed by atoms with Crippen molar-refractivity contribution >= 4 is 0 Å². The molecule has 0 aliphatic heterocycles. The van der Waals surface area contributed by atoms with E-state index in [1.807, 2.05) is 0 Å². The third kappa shape index (κ3) is 2.24. The van der Waals surface area contributed by atoms with E-state index in [-0.39, 0.29) is 0 Å². The van der Waals surface area contributed by atoms with Gasteiger partial charge in [0.2, 0.25) is 0 Å². The normalized spacial score (nSPS) is 45.6. The average molecular weight is 208 g/mol. The summed E-state index contributed by atoms with van der Waals surface area (Å²) < 4.78 is 0. The molecule has 0 aromatic rings. The molecule has 0 heteroatoms. The highest BCUT2D eigenvalue weighted by Crippen LogP contribution is 2.57. The van der Waals surface area contributed by atoms with E-state index in [1.54, 1.807) is 0 Å². The van der Waals surface area contributed by atoms with Gasteiger partial charge in [0.1, 0.15) is 0 Å². The van der Waals surface area contributed by atoms with Crippen LogP contribution < -0.4 is 0 Å². The Labute approximate surface area is 95.8 Å².